The average Bonchev–Trinajstić information content (AvgIpc) is 2.95. The van der Waals surface area contributed by atoms with Crippen molar-refractivity contribution in [2.45, 2.75) is 18.9 Å². The predicted molar refractivity (Wildman–Crippen MR) is 84.1 cm³/mol. The summed E-state index contributed by atoms with van der Waals surface area (Å²) in [6, 6.07) is 16.6. The normalized spacial score (nSPS) is 18.7. The number of hydrogen-bond donors (Lipinski definition) is 0. The first-order chi connectivity index (χ1) is 10.3. The molecule has 1 aliphatic heterocycles. The van der Waals surface area contributed by atoms with Gasteiger partial charge in [0.2, 0.25) is 0 Å². The van der Waals surface area contributed by atoms with Crippen LogP contribution in [0.2, 0.25) is 0 Å². The van der Waals surface area contributed by atoms with Gasteiger partial charge < -0.3 is 9.47 Å². The fraction of sp³-hybridized carbons (Fsp3) is 0.333. The number of hydrogen-bond acceptors (Lipinski definition) is 3. The Kier molecular flexibility index (Phi) is 4.11. The Morgan fingerprint density at radius 3 is 2.00 bits per heavy atom. The van der Waals surface area contributed by atoms with Crippen molar-refractivity contribution < 1.29 is 9.47 Å². The summed E-state index contributed by atoms with van der Waals surface area (Å²) in [5, 5.41) is 0. The SMILES string of the molecule is COc1ccc(Oc2ccc(C3CCCN3C)cc2)cc1. The van der Waals surface area contributed by atoms with Gasteiger partial charge in [-0.2, -0.15) is 0 Å². The van der Waals surface area contributed by atoms with E-state index in [9.17, 15) is 0 Å². The van der Waals surface area contributed by atoms with Gasteiger partial charge in [-0.1, -0.05) is 12.1 Å². The highest BCUT2D eigenvalue weighted by molar-refractivity contribution is 5.36. The lowest BCUT2D eigenvalue weighted by Crippen LogP contribution is -2.17. The summed E-state index contributed by atoms with van der Waals surface area (Å²) in [6.07, 6.45) is 2.53. The topological polar surface area (TPSA) is 21.7 Å². The zero-order chi connectivity index (χ0) is 14.7. The van der Waals surface area contributed by atoms with Gasteiger partial charge in [-0.3, -0.25) is 4.90 Å². The molecule has 0 spiro atoms. The van der Waals surface area contributed by atoms with Crippen LogP contribution in [0.3, 0.4) is 0 Å². The van der Waals surface area contributed by atoms with Gasteiger partial charge in [-0.15, -0.1) is 0 Å². The van der Waals surface area contributed by atoms with Gasteiger partial charge in [0.1, 0.15) is 17.2 Å². The lowest BCUT2D eigenvalue weighted by molar-refractivity contribution is 0.317. The number of nitrogens with zero attached hydrogens (tertiary/aromatic N) is 1. The van der Waals surface area contributed by atoms with E-state index < -0.39 is 0 Å². The van der Waals surface area contributed by atoms with Crippen molar-refractivity contribution in [3.05, 3.63) is 54.1 Å². The van der Waals surface area contributed by atoms with Gasteiger partial charge >= 0.3 is 0 Å². The van der Waals surface area contributed by atoms with E-state index >= 15 is 0 Å². The first-order valence-corrected chi connectivity index (χ1v) is 7.38. The molecule has 0 aliphatic carbocycles. The Morgan fingerprint density at radius 1 is 0.905 bits per heavy atom. The fourth-order valence-electron chi connectivity index (χ4n) is 2.87. The summed E-state index contributed by atoms with van der Waals surface area (Å²) in [6.45, 7) is 1.19. The first kappa shape index (κ1) is 14.0. The first-order valence-electron chi connectivity index (χ1n) is 7.38. The lowest BCUT2D eigenvalue weighted by Gasteiger charge is -2.19. The Hall–Kier alpha value is -2.00. The van der Waals surface area contributed by atoms with Gasteiger partial charge in [0, 0.05) is 6.04 Å². The Morgan fingerprint density at radius 2 is 1.48 bits per heavy atom. The van der Waals surface area contributed by atoms with Crippen LogP contribution in [0.1, 0.15) is 24.4 Å². The Labute approximate surface area is 126 Å². The molecule has 3 rings (SSSR count). The largest absolute Gasteiger partial charge is 0.497 e. The highest BCUT2D eigenvalue weighted by atomic mass is 16.5. The number of likely N-dealkylation sites (tertiary alicyclic amines) is 1. The zero-order valence-corrected chi connectivity index (χ0v) is 12.6. The van der Waals surface area contributed by atoms with Crippen LogP contribution in [-0.4, -0.2) is 25.6 Å². The van der Waals surface area contributed by atoms with Crippen molar-refractivity contribution in [3.63, 3.8) is 0 Å². The smallest absolute Gasteiger partial charge is 0.127 e. The van der Waals surface area contributed by atoms with Crippen LogP contribution in [0.4, 0.5) is 0 Å². The van der Waals surface area contributed by atoms with Gasteiger partial charge in [-0.05, 0) is 68.4 Å². The van der Waals surface area contributed by atoms with Gasteiger partial charge in [0.15, 0.2) is 0 Å². The van der Waals surface area contributed by atoms with Crippen LogP contribution >= 0.6 is 0 Å². The summed E-state index contributed by atoms with van der Waals surface area (Å²) in [5.74, 6) is 2.52. The van der Waals surface area contributed by atoms with Crippen molar-refractivity contribution in [1.82, 2.24) is 4.90 Å². The van der Waals surface area contributed by atoms with Crippen molar-refractivity contribution in [2.24, 2.45) is 0 Å². The molecule has 1 fully saturated rings. The van der Waals surface area contributed by atoms with E-state index in [1.54, 1.807) is 7.11 Å². The molecule has 2 aromatic rings. The second-order valence-electron chi connectivity index (χ2n) is 5.49. The third-order valence-corrected chi connectivity index (χ3v) is 4.08. The molecule has 1 heterocycles. The third-order valence-electron chi connectivity index (χ3n) is 4.08. The second kappa shape index (κ2) is 6.19. The molecule has 0 radical (unpaired) electrons. The summed E-state index contributed by atoms with van der Waals surface area (Å²) >= 11 is 0. The molecule has 3 nitrogen and oxygen atoms in total. The minimum Gasteiger partial charge on any atom is -0.497 e. The summed E-state index contributed by atoms with van der Waals surface area (Å²) in [4.78, 5) is 2.42. The van der Waals surface area contributed by atoms with Gasteiger partial charge in [0.05, 0.1) is 7.11 Å². The molecule has 0 N–H and O–H groups in total. The van der Waals surface area contributed by atoms with Crippen LogP contribution in [0.5, 0.6) is 17.2 Å². The van der Waals surface area contributed by atoms with Crippen molar-refractivity contribution in [3.8, 4) is 17.2 Å². The molecule has 0 bridgehead atoms. The average molecular weight is 283 g/mol. The van der Waals surface area contributed by atoms with E-state index in [-0.39, 0.29) is 0 Å². The number of ether oxygens (including phenoxy) is 2. The minimum atomic E-state index is 0.556. The number of rotatable bonds is 4. The molecule has 0 aromatic heterocycles. The van der Waals surface area contributed by atoms with Gasteiger partial charge in [0.25, 0.3) is 0 Å². The number of methoxy groups -OCH3 is 1. The maximum absolute atomic E-state index is 5.85. The van der Waals surface area contributed by atoms with Crippen LogP contribution in [0.15, 0.2) is 48.5 Å². The molecule has 1 aliphatic rings. The Balaban J connectivity index is 1.68. The standard InChI is InChI=1S/C18H21NO2/c1-19-13-3-4-18(19)14-5-7-16(8-6-14)21-17-11-9-15(20-2)10-12-17/h5-12,18H,3-4,13H2,1-2H3. The molecule has 2 aromatic carbocycles. The zero-order valence-electron chi connectivity index (χ0n) is 12.6. The van der Waals surface area contributed by atoms with E-state index in [1.807, 2.05) is 36.4 Å². The summed E-state index contributed by atoms with van der Waals surface area (Å²) in [7, 11) is 3.86. The molecule has 0 saturated carbocycles. The molecular formula is C18H21NO2. The van der Waals surface area contributed by atoms with Crippen LogP contribution in [0.25, 0.3) is 0 Å². The number of benzene rings is 2. The predicted octanol–water partition coefficient (Wildman–Crippen LogP) is 4.25. The molecule has 110 valence electrons. The highest BCUT2D eigenvalue weighted by Gasteiger charge is 2.22. The Bertz CT molecular complexity index is 577. The maximum Gasteiger partial charge on any atom is 0.127 e. The molecule has 21 heavy (non-hydrogen) atoms. The summed E-state index contributed by atoms with van der Waals surface area (Å²) < 4.78 is 11.0. The molecule has 3 heteroatoms. The van der Waals surface area contributed by atoms with Gasteiger partial charge in [-0.25, -0.2) is 0 Å². The highest BCUT2D eigenvalue weighted by Crippen LogP contribution is 2.32. The molecule has 1 saturated heterocycles. The summed E-state index contributed by atoms with van der Waals surface area (Å²) in [5.41, 5.74) is 1.37. The fourth-order valence-corrected chi connectivity index (χ4v) is 2.87. The van der Waals surface area contributed by atoms with E-state index in [2.05, 4.69) is 24.1 Å². The second-order valence-corrected chi connectivity index (χ2v) is 5.49. The quantitative estimate of drug-likeness (QED) is 0.837. The van der Waals surface area contributed by atoms with Crippen LogP contribution in [-0.2, 0) is 0 Å². The molecular weight excluding hydrogens is 262 g/mol. The molecule has 1 atom stereocenters. The lowest BCUT2D eigenvalue weighted by atomic mass is 10.0. The van der Waals surface area contributed by atoms with E-state index in [4.69, 9.17) is 9.47 Å². The van der Waals surface area contributed by atoms with Crippen molar-refractivity contribution in [2.75, 3.05) is 20.7 Å². The maximum atomic E-state index is 5.85. The van der Waals surface area contributed by atoms with Crippen molar-refractivity contribution in [1.29, 1.82) is 0 Å². The van der Waals surface area contributed by atoms with E-state index in [0.717, 1.165) is 17.2 Å². The van der Waals surface area contributed by atoms with Crippen molar-refractivity contribution >= 4 is 0 Å². The van der Waals surface area contributed by atoms with Crippen LogP contribution in [0, 0.1) is 0 Å². The monoisotopic (exact) mass is 283 g/mol. The molecule has 1 unspecified atom stereocenters. The third kappa shape index (κ3) is 3.19. The molecule has 0 amide bonds. The van der Waals surface area contributed by atoms with E-state index in [1.165, 1.54) is 24.9 Å². The van der Waals surface area contributed by atoms with Crippen LogP contribution < -0.4 is 9.47 Å². The minimum absolute atomic E-state index is 0.556. The van der Waals surface area contributed by atoms with E-state index in [0.29, 0.717) is 6.04 Å².